The van der Waals surface area contributed by atoms with Crippen LogP contribution in [-0.4, -0.2) is 92.3 Å². The Morgan fingerprint density at radius 1 is 1.08 bits per heavy atom. The maximum Gasteiger partial charge on any atom is 0.324 e. The lowest BCUT2D eigenvalue weighted by atomic mass is 10.1. The quantitative estimate of drug-likeness (QED) is 0.241. The summed E-state index contributed by atoms with van der Waals surface area (Å²) in [6.45, 7) is 3.03. The van der Waals surface area contributed by atoms with Gasteiger partial charge in [-0.15, -0.1) is 0 Å². The van der Waals surface area contributed by atoms with E-state index < -0.39 is 46.5 Å². The van der Waals surface area contributed by atoms with Crippen molar-refractivity contribution in [2.75, 3.05) is 30.3 Å². The zero-order valence-electron chi connectivity index (χ0n) is 19.5. The Morgan fingerprint density at radius 2 is 1.81 bits per heavy atom. The van der Waals surface area contributed by atoms with Crippen LogP contribution in [0.25, 0.3) is 11.2 Å². The van der Waals surface area contributed by atoms with Crippen molar-refractivity contribution in [1.82, 2.24) is 29.1 Å². The van der Waals surface area contributed by atoms with Gasteiger partial charge in [0.25, 0.3) is 5.91 Å². The fourth-order valence-electron chi connectivity index (χ4n) is 3.92. The number of carbonyl (C=O) groups is 2. The molecule has 15 nitrogen and oxygen atoms in total. The first kappa shape index (κ1) is 25.0. The SMILES string of the molecule is CCNC(=O)[C@H]1O[C@@H](n2cnc3c(NC(=O)Nc4ccc(S(=O)(=O)N5CC5)cc4)ncnc32)[C@@H](O)C1O. The van der Waals surface area contributed by atoms with Crippen LogP contribution in [0.15, 0.2) is 41.8 Å². The largest absolute Gasteiger partial charge is 0.387 e. The Kier molecular flexibility index (Phi) is 6.50. The molecule has 4 atom stereocenters. The van der Waals surface area contributed by atoms with E-state index in [9.17, 15) is 28.2 Å². The van der Waals surface area contributed by atoms with Gasteiger partial charge in [0.05, 0.1) is 11.2 Å². The van der Waals surface area contributed by atoms with Gasteiger partial charge in [0, 0.05) is 25.3 Å². The third-order valence-electron chi connectivity index (χ3n) is 5.87. The van der Waals surface area contributed by atoms with Gasteiger partial charge in [0.2, 0.25) is 10.0 Å². The first-order valence-corrected chi connectivity index (χ1v) is 12.8. The fraction of sp³-hybridized carbons (Fsp3) is 0.381. The second-order valence-corrected chi connectivity index (χ2v) is 10.3. The van der Waals surface area contributed by atoms with E-state index in [1.54, 1.807) is 6.92 Å². The second kappa shape index (κ2) is 9.64. The predicted octanol–water partition coefficient (Wildman–Crippen LogP) is -0.770. The fourth-order valence-corrected chi connectivity index (χ4v) is 5.26. The van der Waals surface area contributed by atoms with E-state index in [-0.39, 0.29) is 21.9 Å². The van der Waals surface area contributed by atoms with Crippen LogP contribution < -0.4 is 16.0 Å². The average molecular weight is 533 g/mol. The summed E-state index contributed by atoms with van der Waals surface area (Å²) in [7, 11) is -3.50. The number of imidazole rings is 1. The number of ether oxygens (including phenoxy) is 1. The predicted molar refractivity (Wildman–Crippen MR) is 128 cm³/mol. The van der Waals surface area contributed by atoms with Gasteiger partial charge in [0.15, 0.2) is 29.3 Å². The number of aromatic nitrogens is 4. The molecule has 0 saturated carbocycles. The highest BCUT2D eigenvalue weighted by molar-refractivity contribution is 7.89. The van der Waals surface area contributed by atoms with Crippen LogP contribution in [0, 0.1) is 0 Å². The molecule has 1 aromatic carbocycles. The summed E-state index contributed by atoms with van der Waals surface area (Å²) in [5, 5.41) is 28.5. The number of likely N-dealkylation sites (N-methyl/N-ethyl adjacent to an activating group) is 1. The minimum Gasteiger partial charge on any atom is -0.387 e. The number of amides is 3. The number of fused-ring (bicyclic) bond motifs is 1. The highest BCUT2D eigenvalue weighted by Crippen LogP contribution is 2.32. The molecule has 5 rings (SSSR count). The summed E-state index contributed by atoms with van der Waals surface area (Å²) >= 11 is 0. The van der Waals surface area contributed by atoms with Crippen molar-refractivity contribution in [2.24, 2.45) is 0 Å². The van der Waals surface area contributed by atoms with Crippen molar-refractivity contribution in [3.8, 4) is 0 Å². The number of hydrogen-bond donors (Lipinski definition) is 5. The normalized spacial score (nSPS) is 23.6. The zero-order chi connectivity index (χ0) is 26.3. The van der Waals surface area contributed by atoms with Crippen LogP contribution in [0.5, 0.6) is 0 Å². The van der Waals surface area contributed by atoms with Crippen LogP contribution in [0.3, 0.4) is 0 Å². The standard InChI is InChI=1S/C21H24N8O7S/c1-2-22-19(32)16-14(30)15(31)20(36-16)29-10-25-13-17(23-9-24-18(13)29)27-21(33)26-11-3-5-12(6-4-11)37(34,35)28-7-8-28/h3-6,9-10,14-16,20,30-31H,2,7-8H2,1H3,(H,22,32)(H2,23,24,26,27,33)/t14?,15-,16-,20+/m0/s1. The number of aliphatic hydroxyl groups excluding tert-OH is 2. The number of aliphatic hydroxyl groups is 2. The molecule has 0 spiro atoms. The number of nitrogens with zero attached hydrogens (tertiary/aromatic N) is 5. The van der Waals surface area contributed by atoms with E-state index in [1.807, 2.05) is 0 Å². The molecule has 16 heteroatoms. The molecule has 2 aliphatic rings. The molecule has 2 aliphatic heterocycles. The third kappa shape index (κ3) is 4.72. The van der Waals surface area contributed by atoms with Crippen molar-refractivity contribution >= 4 is 44.6 Å². The molecular weight excluding hydrogens is 508 g/mol. The van der Waals surface area contributed by atoms with Gasteiger partial charge in [-0.05, 0) is 31.2 Å². The third-order valence-corrected chi connectivity index (χ3v) is 7.78. The number of carbonyl (C=O) groups excluding carboxylic acids is 2. The molecule has 1 unspecified atom stereocenters. The number of rotatable bonds is 7. The van der Waals surface area contributed by atoms with Crippen molar-refractivity contribution in [3.05, 3.63) is 36.9 Å². The Labute approximate surface area is 210 Å². The lowest BCUT2D eigenvalue weighted by Gasteiger charge is -2.16. The van der Waals surface area contributed by atoms with Crippen molar-refractivity contribution in [1.29, 1.82) is 0 Å². The highest BCUT2D eigenvalue weighted by atomic mass is 32.2. The van der Waals surface area contributed by atoms with E-state index in [0.717, 1.165) is 0 Å². The molecule has 5 N–H and O–H groups in total. The second-order valence-electron chi connectivity index (χ2n) is 8.38. The maximum absolute atomic E-state index is 12.6. The Balaban J connectivity index is 1.30. The number of anilines is 2. The van der Waals surface area contributed by atoms with Gasteiger partial charge in [-0.1, -0.05) is 0 Å². The summed E-state index contributed by atoms with van der Waals surface area (Å²) in [6, 6.07) is 5.08. The van der Waals surface area contributed by atoms with Gasteiger partial charge >= 0.3 is 6.03 Å². The van der Waals surface area contributed by atoms with Crippen LogP contribution in [0.1, 0.15) is 13.2 Å². The molecule has 2 saturated heterocycles. The smallest absolute Gasteiger partial charge is 0.324 e. The first-order chi connectivity index (χ1) is 17.7. The monoisotopic (exact) mass is 532 g/mol. The maximum atomic E-state index is 12.6. The minimum atomic E-state index is -3.50. The Morgan fingerprint density at radius 3 is 2.49 bits per heavy atom. The van der Waals surface area contributed by atoms with Crippen LogP contribution in [0.2, 0.25) is 0 Å². The van der Waals surface area contributed by atoms with Gasteiger partial charge in [-0.3, -0.25) is 14.7 Å². The highest BCUT2D eigenvalue weighted by Gasteiger charge is 2.47. The minimum absolute atomic E-state index is 0.0512. The molecule has 4 heterocycles. The topological polar surface area (TPSA) is 201 Å². The van der Waals surface area contributed by atoms with E-state index in [0.29, 0.717) is 25.3 Å². The number of urea groups is 1. The van der Waals surface area contributed by atoms with E-state index in [1.165, 1.54) is 45.8 Å². The van der Waals surface area contributed by atoms with Crippen molar-refractivity contribution < 1.29 is 33.0 Å². The molecule has 0 aliphatic carbocycles. The van der Waals surface area contributed by atoms with Crippen LogP contribution >= 0.6 is 0 Å². The molecule has 37 heavy (non-hydrogen) atoms. The summed E-state index contributed by atoms with van der Waals surface area (Å²) in [5.41, 5.74) is 0.706. The molecular formula is C21H24N8O7S. The van der Waals surface area contributed by atoms with Crippen molar-refractivity contribution in [2.45, 2.75) is 36.4 Å². The zero-order valence-corrected chi connectivity index (χ0v) is 20.3. The number of nitrogens with one attached hydrogen (secondary N) is 3. The molecule has 3 amide bonds. The summed E-state index contributed by atoms with van der Waals surface area (Å²) in [4.78, 5) is 37.3. The molecule has 0 bridgehead atoms. The van der Waals surface area contributed by atoms with E-state index in [2.05, 4.69) is 30.9 Å². The lowest BCUT2D eigenvalue weighted by Crippen LogP contribution is -2.42. The molecule has 3 aromatic rings. The number of benzene rings is 1. The number of sulfonamides is 1. The summed E-state index contributed by atoms with van der Waals surface area (Å²) in [5.74, 6) is -0.513. The van der Waals surface area contributed by atoms with Gasteiger partial charge in [-0.25, -0.2) is 28.2 Å². The van der Waals surface area contributed by atoms with Crippen LogP contribution in [-0.2, 0) is 19.6 Å². The number of hydrogen-bond acceptors (Lipinski definition) is 10. The van der Waals surface area contributed by atoms with E-state index >= 15 is 0 Å². The van der Waals surface area contributed by atoms with Crippen molar-refractivity contribution in [3.63, 3.8) is 0 Å². The lowest BCUT2D eigenvalue weighted by molar-refractivity contribution is -0.137. The van der Waals surface area contributed by atoms with E-state index in [4.69, 9.17) is 4.74 Å². The molecule has 196 valence electrons. The Hall–Kier alpha value is -3.70. The summed E-state index contributed by atoms with van der Waals surface area (Å²) < 4.78 is 32.8. The van der Waals surface area contributed by atoms with Crippen LogP contribution in [0.4, 0.5) is 16.3 Å². The van der Waals surface area contributed by atoms with Gasteiger partial charge < -0.3 is 25.6 Å². The van der Waals surface area contributed by atoms with Gasteiger partial charge in [-0.2, -0.15) is 4.31 Å². The molecule has 0 radical (unpaired) electrons. The first-order valence-electron chi connectivity index (χ1n) is 11.4. The molecule has 2 aromatic heterocycles. The van der Waals surface area contributed by atoms with Gasteiger partial charge in [0.1, 0.15) is 18.5 Å². The molecule has 2 fully saturated rings. The average Bonchev–Trinajstić information content (AvgIpc) is 3.59. The Bertz CT molecular complexity index is 1440. The summed E-state index contributed by atoms with van der Waals surface area (Å²) in [6.07, 6.45) is -2.90.